The zero-order chi connectivity index (χ0) is 48.8. The van der Waals surface area contributed by atoms with Gasteiger partial charge in [0.05, 0.1) is 24.9 Å². The highest BCUT2D eigenvalue weighted by Crippen LogP contribution is 2.52. The SMILES string of the molecule is CC[C@@H](c1nnc(C)o1)N1C(=O)[C@@H](CC(=O)O)CC(c2cccc(Cl)c2)[C@H]1c1ccc(Cl)cc1.CC[C@H](c1nnc(C)o1)N1C(=O)[C@@H](CC(=O)O)CC(c2cccc(Cl)c2)[C@H]1c1ccc(Cl)cc1. The van der Waals surface area contributed by atoms with Gasteiger partial charge in [-0.25, -0.2) is 0 Å². The van der Waals surface area contributed by atoms with Gasteiger partial charge in [0.1, 0.15) is 12.1 Å². The minimum absolute atomic E-state index is 0.208. The number of aromatic nitrogens is 4. The number of aliphatic carboxylic acids is 2. The molecule has 2 aliphatic rings. The first-order valence-corrected chi connectivity index (χ1v) is 23.8. The number of carboxylic acids is 2. The van der Waals surface area contributed by atoms with Crippen LogP contribution >= 0.6 is 46.4 Å². The highest BCUT2D eigenvalue weighted by molar-refractivity contribution is 6.31. The fraction of sp³-hybridized carbons (Fsp3) is 0.360. The van der Waals surface area contributed by atoms with E-state index in [0.717, 1.165) is 22.3 Å². The van der Waals surface area contributed by atoms with Gasteiger partial charge in [-0.15, -0.1) is 20.4 Å². The standard InChI is InChI=1S/2C25H25Cl2N3O4/c2*1-3-21(24-29-28-14(2)34-24)30-23(15-7-9-18(26)10-8-15)20(16-5-4-6-19(27)11-16)12-17(25(30)33)13-22(31)32/h2*4-11,17,20-21,23H,3,12-13H2,1-2H3,(H,31,32)/t17-,20?,21+,23-;17-,20?,21-,23-/m11/s1. The van der Waals surface area contributed by atoms with Gasteiger partial charge >= 0.3 is 11.9 Å². The zero-order valence-corrected chi connectivity index (χ0v) is 40.7. The Hall–Kier alpha value is -5.80. The molecule has 4 heterocycles. The number of halogens is 4. The van der Waals surface area contributed by atoms with Crippen molar-refractivity contribution in [3.63, 3.8) is 0 Å². The van der Waals surface area contributed by atoms with Crippen LogP contribution in [0.1, 0.15) is 134 Å². The van der Waals surface area contributed by atoms with Gasteiger partial charge in [0.15, 0.2) is 0 Å². The quantitative estimate of drug-likeness (QED) is 0.105. The van der Waals surface area contributed by atoms with E-state index in [1.54, 1.807) is 60.0 Å². The Morgan fingerprint density at radius 2 is 0.941 bits per heavy atom. The summed E-state index contributed by atoms with van der Waals surface area (Å²) in [5.41, 5.74) is 3.62. The molecule has 4 aromatic carbocycles. The minimum atomic E-state index is -1.02. The van der Waals surface area contributed by atoms with Crippen molar-refractivity contribution in [1.82, 2.24) is 30.2 Å². The summed E-state index contributed by atoms with van der Waals surface area (Å²) in [5, 5.41) is 37.7. The third kappa shape index (κ3) is 11.4. The predicted octanol–water partition coefficient (Wildman–Crippen LogP) is 12.0. The van der Waals surface area contributed by atoms with Crippen LogP contribution in [0.25, 0.3) is 0 Å². The summed E-state index contributed by atoms with van der Waals surface area (Å²) in [7, 11) is 0. The Labute approximate surface area is 413 Å². The van der Waals surface area contributed by atoms with E-state index in [1.807, 2.05) is 74.5 Å². The first-order chi connectivity index (χ1) is 32.6. The van der Waals surface area contributed by atoms with E-state index in [2.05, 4.69) is 20.4 Å². The van der Waals surface area contributed by atoms with Crippen LogP contribution in [-0.2, 0) is 19.2 Å². The maximum atomic E-state index is 13.9. The molecule has 356 valence electrons. The van der Waals surface area contributed by atoms with Gasteiger partial charge in [-0.05, 0) is 96.5 Å². The lowest BCUT2D eigenvalue weighted by molar-refractivity contribution is -0.153. The zero-order valence-electron chi connectivity index (χ0n) is 37.6. The van der Waals surface area contributed by atoms with Crippen LogP contribution in [0.4, 0.5) is 0 Å². The Morgan fingerprint density at radius 3 is 1.24 bits per heavy atom. The fourth-order valence-corrected chi connectivity index (χ4v) is 10.4. The molecule has 2 amide bonds. The molecule has 8 atom stereocenters. The third-order valence-electron chi connectivity index (χ3n) is 12.6. The number of hydrogen-bond acceptors (Lipinski definition) is 10. The van der Waals surface area contributed by atoms with Crippen molar-refractivity contribution in [2.45, 2.75) is 102 Å². The molecule has 14 nitrogen and oxygen atoms in total. The summed E-state index contributed by atoms with van der Waals surface area (Å²) >= 11 is 25.0. The summed E-state index contributed by atoms with van der Waals surface area (Å²) in [6.07, 6.45) is 1.24. The van der Waals surface area contributed by atoms with Crippen molar-refractivity contribution in [2.75, 3.05) is 0 Å². The number of nitrogens with zero attached hydrogens (tertiary/aromatic N) is 6. The van der Waals surface area contributed by atoms with E-state index in [-0.39, 0.29) is 36.5 Å². The Balaban J connectivity index is 0.000000201. The number of aryl methyl sites for hydroxylation is 2. The lowest BCUT2D eigenvalue weighted by Crippen LogP contribution is -2.49. The van der Waals surface area contributed by atoms with E-state index in [4.69, 9.17) is 55.2 Å². The second-order valence-corrected chi connectivity index (χ2v) is 18.8. The molecule has 0 spiro atoms. The Kier molecular flexibility index (Phi) is 16.3. The monoisotopic (exact) mass is 1000 g/mol. The molecule has 2 fully saturated rings. The maximum Gasteiger partial charge on any atom is 0.304 e. The molecule has 2 aromatic heterocycles. The van der Waals surface area contributed by atoms with Crippen molar-refractivity contribution in [1.29, 1.82) is 0 Å². The summed E-state index contributed by atoms with van der Waals surface area (Å²) in [5.74, 6) is -2.91. The summed E-state index contributed by atoms with van der Waals surface area (Å²) in [4.78, 5) is 54.5. The maximum absolute atomic E-state index is 13.9. The average molecular weight is 1000 g/mol. The van der Waals surface area contributed by atoms with Crippen LogP contribution < -0.4 is 0 Å². The molecule has 6 aromatic rings. The molecular formula is C50H50Cl4N6O8. The van der Waals surface area contributed by atoms with Crippen molar-refractivity contribution < 1.29 is 38.2 Å². The molecular weight excluding hydrogens is 954 g/mol. The molecule has 18 heteroatoms. The predicted molar refractivity (Wildman–Crippen MR) is 255 cm³/mol. The molecule has 0 bridgehead atoms. The van der Waals surface area contributed by atoms with Crippen molar-refractivity contribution in [3.05, 3.63) is 163 Å². The molecule has 0 radical (unpaired) electrons. The number of rotatable bonds is 14. The lowest BCUT2D eigenvalue weighted by atomic mass is 9.74. The summed E-state index contributed by atoms with van der Waals surface area (Å²) < 4.78 is 11.5. The number of carbonyl (C=O) groups excluding carboxylic acids is 2. The number of carboxylic acid groups (broad SMARTS) is 2. The van der Waals surface area contributed by atoms with Crippen LogP contribution in [0.3, 0.4) is 0 Å². The van der Waals surface area contributed by atoms with E-state index in [9.17, 15) is 29.4 Å². The second-order valence-electron chi connectivity index (χ2n) is 17.0. The fourth-order valence-electron chi connectivity index (χ4n) is 9.70. The number of carbonyl (C=O) groups is 4. The Bertz CT molecular complexity index is 2550. The highest BCUT2D eigenvalue weighted by atomic mass is 35.5. The summed E-state index contributed by atoms with van der Waals surface area (Å²) in [6.45, 7) is 7.26. The van der Waals surface area contributed by atoms with Gasteiger partial charge in [0.25, 0.3) is 0 Å². The number of likely N-dealkylation sites (tertiary alicyclic amines) is 2. The topological polar surface area (TPSA) is 193 Å². The molecule has 2 unspecified atom stereocenters. The van der Waals surface area contributed by atoms with Gasteiger partial charge in [-0.3, -0.25) is 19.2 Å². The lowest BCUT2D eigenvalue weighted by Gasteiger charge is -2.47. The van der Waals surface area contributed by atoms with Crippen molar-refractivity contribution >= 4 is 70.2 Å². The van der Waals surface area contributed by atoms with Gasteiger partial charge in [-0.2, -0.15) is 0 Å². The third-order valence-corrected chi connectivity index (χ3v) is 13.5. The first kappa shape index (κ1) is 50.1. The largest absolute Gasteiger partial charge is 0.481 e. The number of piperidine rings is 2. The van der Waals surface area contributed by atoms with Gasteiger partial charge in [-0.1, -0.05) is 109 Å². The molecule has 2 N–H and O–H groups in total. The Morgan fingerprint density at radius 1 is 0.574 bits per heavy atom. The highest BCUT2D eigenvalue weighted by Gasteiger charge is 2.49. The summed E-state index contributed by atoms with van der Waals surface area (Å²) in [6, 6.07) is 27.9. The van der Waals surface area contributed by atoms with E-state index >= 15 is 0 Å². The molecule has 2 saturated heterocycles. The van der Waals surface area contributed by atoms with Gasteiger partial charge in [0.2, 0.25) is 35.4 Å². The van der Waals surface area contributed by atoms with Crippen LogP contribution in [0, 0.1) is 25.7 Å². The molecule has 8 rings (SSSR count). The van der Waals surface area contributed by atoms with Gasteiger partial charge in [0, 0.05) is 57.6 Å². The molecule has 0 saturated carbocycles. The first-order valence-electron chi connectivity index (χ1n) is 22.3. The minimum Gasteiger partial charge on any atom is -0.481 e. The number of amides is 2. The van der Waals surface area contributed by atoms with Crippen molar-refractivity contribution in [3.8, 4) is 0 Å². The van der Waals surface area contributed by atoms with Crippen LogP contribution in [0.2, 0.25) is 20.1 Å². The number of benzene rings is 4. The molecule has 68 heavy (non-hydrogen) atoms. The molecule has 0 aliphatic carbocycles. The van der Waals surface area contributed by atoms with Crippen molar-refractivity contribution in [2.24, 2.45) is 11.8 Å². The van der Waals surface area contributed by atoms with Crippen LogP contribution in [0.15, 0.2) is 106 Å². The smallest absolute Gasteiger partial charge is 0.304 e. The number of hydrogen-bond donors (Lipinski definition) is 2. The van der Waals surface area contributed by atoms with Crippen LogP contribution in [-0.4, -0.2) is 64.2 Å². The molecule has 2 aliphatic heterocycles. The van der Waals surface area contributed by atoms with E-state index in [1.165, 1.54) is 0 Å². The van der Waals surface area contributed by atoms with E-state index < -0.39 is 47.9 Å². The average Bonchev–Trinajstić information content (AvgIpc) is 3.94. The van der Waals surface area contributed by atoms with Gasteiger partial charge < -0.3 is 28.8 Å². The van der Waals surface area contributed by atoms with E-state index in [0.29, 0.717) is 69.3 Å². The normalized spacial score (nSPS) is 21.5. The van der Waals surface area contributed by atoms with Crippen LogP contribution in [0.5, 0.6) is 0 Å². The second kappa shape index (κ2) is 22.1.